The molecule has 1 amide bonds. The van der Waals surface area contributed by atoms with Gasteiger partial charge in [0.15, 0.2) is 0 Å². The van der Waals surface area contributed by atoms with Crippen molar-refractivity contribution in [3.63, 3.8) is 0 Å². The molecule has 2 heterocycles. The second-order valence-electron chi connectivity index (χ2n) is 5.95. The minimum atomic E-state index is -0.161. The highest BCUT2D eigenvalue weighted by Gasteiger charge is 2.18. The second-order valence-corrected chi connectivity index (χ2v) is 5.95. The molecule has 0 radical (unpaired) electrons. The zero-order chi connectivity index (χ0) is 17.3. The van der Waals surface area contributed by atoms with Crippen molar-refractivity contribution < 1.29 is 4.79 Å². The number of rotatable bonds is 4. The molecule has 0 unspecified atom stereocenters. The molecule has 3 rings (SSSR count). The number of carbonyl (C=O) groups excluding carboxylic acids is 1. The summed E-state index contributed by atoms with van der Waals surface area (Å²) in [5.41, 5.74) is 4.96. The van der Waals surface area contributed by atoms with E-state index in [1.807, 2.05) is 43.7 Å². The van der Waals surface area contributed by atoms with Crippen LogP contribution in [0.2, 0.25) is 0 Å². The summed E-state index contributed by atoms with van der Waals surface area (Å²) in [6, 6.07) is 10.1. The number of hydrogen-bond donors (Lipinski definition) is 1. The lowest BCUT2D eigenvalue weighted by Crippen LogP contribution is -2.14. The summed E-state index contributed by atoms with van der Waals surface area (Å²) in [5, 5.41) is 11.8. The first-order valence-electron chi connectivity index (χ1n) is 7.85. The van der Waals surface area contributed by atoms with Crippen LogP contribution in [-0.4, -0.2) is 25.5 Å². The molecule has 0 saturated carbocycles. The van der Waals surface area contributed by atoms with Crippen LogP contribution in [0.1, 0.15) is 33.0 Å². The summed E-state index contributed by atoms with van der Waals surface area (Å²) in [4.78, 5) is 12.5. The fourth-order valence-electron chi connectivity index (χ4n) is 2.79. The van der Waals surface area contributed by atoms with Gasteiger partial charge in [0.25, 0.3) is 5.91 Å². The maximum absolute atomic E-state index is 12.5. The van der Waals surface area contributed by atoms with Crippen molar-refractivity contribution in [3.05, 3.63) is 64.7 Å². The van der Waals surface area contributed by atoms with Crippen molar-refractivity contribution in [3.8, 4) is 0 Å². The minimum absolute atomic E-state index is 0.161. The molecule has 0 spiro atoms. The molecule has 3 aromatic rings. The highest BCUT2D eigenvalue weighted by molar-refractivity contribution is 6.05. The monoisotopic (exact) mass is 323 g/mol. The number of carbonyl (C=O) groups is 1. The van der Waals surface area contributed by atoms with E-state index in [1.54, 1.807) is 17.9 Å². The molecule has 124 valence electrons. The molecule has 1 N–H and O–H groups in total. The molecule has 24 heavy (non-hydrogen) atoms. The lowest BCUT2D eigenvalue weighted by atomic mass is 10.2. The number of nitrogens with one attached hydrogen (secondary N) is 1. The number of aromatic nitrogens is 4. The second kappa shape index (κ2) is 6.31. The van der Waals surface area contributed by atoms with Crippen molar-refractivity contribution >= 4 is 11.6 Å². The first kappa shape index (κ1) is 16.0. The SMILES string of the molecule is Cc1nn(C)cc1C(=O)Nc1c(C)nn(Cc2ccccc2)c1C. The number of hydrogen-bond acceptors (Lipinski definition) is 3. The van der Waals surface area contributed by atoms with Gasteiger partial charge in [-0.25, -0.2) is 0 Å². The van der Waals surface area contributed by atoms with E-state index in [9.17, 15) is 4.79 Å². The molecule has 0 atom stereocenters. The Morgan fingerprint density at radius 2 is 1.79 bits per heavy atom. The van der Waals surface area contributed by atoms with Crippen molar-refractivity contribution in [1.29, 1.82) is 0 Å². The molecular formula is C18H21N5O. The van der Waals surface area contributed by atoms with Gasteiger partial charge in [-0.1, -0.05) is 30.3 Å². The lowest BCUT2D eigenvalue weighted by Gasteiger charge is -2.07. The van der Waals surface area contributed by atoms with Crippen molar-refractivity contribution in [2.24, 2.45) is 7.05 Å². The Morgan fingerprint density at radius 3 is 2.42 bits per heavy atom. The zero-order valence-electron chi connectivity index (χ0n) is 14.4. The van der Waals surface area contributed by atoms with Gasteiger partial charge in [-0.3, -0.25) is 14.2 Å². The van der Waals surface area contributed by atoms with Gasteiger partial charge in [0.2, 0.25) is 0 Å². The Hall–Kier alpha value is -2.89. The predicted octanol–water partition coefficient (Wildman–Crippen LogP) is 2.84. The molecule has 1 aromatic carbocycles. The topological polar surface area (TPSA) is 64.7 Å². The van der Waals surface area contributed by atoms with E-state index in [4.69, 9.17) is 0 Å². The Bertz CT molecular complexity index is 876. The summed E-state index contributed by atoms with van der Waals surface area (Å²) < 4.78 is 3.55. The smallest absolute Gasteiger partial charge is 0.259 e. The molecule has 2 aromatic heterocycles. The van der Waals surface area contributed by atoms with Gasteiger partial charge in [-0.05, 0) is 26.3 Å². The Balaban J connectivity index is 1.84. The van der Waals surface area contributed by atoms with Gasteiger partial charge >= 0.3 is 0 Å². The van der Waals surface area contributed by atoms with Crippen LogP contribution in [0, 0.1) is 20.8 Å². The number of amides is 1. The van der Waals surface area contributed by atoms with Crippen LogP contribution in [0.4, 0.5) is 5.69 Å². The normalized spacial score (nSPS) is 10.8. The largest absolute Gasteiger partial charge is 0.319 e. The third kappa shape index (κ3) is 3.08. The summed E-state index contributed by atoms with van der Waals surface area (Å²) in [5.74, 6) is -0.161. The highest BCUT2D eigenvalue weighted by Crippen LogP contribution is 2.21. The molecular weight excluding hydrogens is 302 g/mol. The Morgan fingerprint density at radius 1 is 1.08 bits per heavy atom. The molecule has 0 bridgehead atoms. The molecule has 6 nitrogen and oxygen atoms in total. The van der Waals surface area contributed by atoms with Crippen LogP contribution in [0.15, 0.2) is 36.5 Å². The van der Waals surface area contributed by atoms with E-state index in [-0.39, 0.29) is 5.91 Å². The third-order valence-corrected chi connectivity index (χ3v) is 4.05. The summed E-state index contributed by atoms with van der Waals surface area (Å²) in [6.45, 7) is 6.37. The maximum Gasteiger partial charge on any atom is 0.259 e. The fourth-order valence-corrected chi connectivity index (χ4v) is 2.79. The van der Waals surface area contributed by atoms with Gasteiger partial charge in [0, 0.05) is 13.2 Å². The predicted molar refractivity (Wildman–Crippen MR) is 93.1 cm³/mol. The number of benzene rings is 1. The van der Waals surface area contributed by atoms with Gasteiger partial charge in [-0.2, -0.15) is 10.2 Å². The summed E-state index contributed by atoms with van der Waals surface area (Å²) in [7, 11) is 1.80. The average molecular weight is 323 g/mol. The van der Waals surface area contributed by atoms with E-state index in [0.29, 0.717) is 17.8 Å². The van der Waals surface area contributed by atoms with E-state index in [2.05, 4.69) is 27.6 Å². The number of anilines is 1. The highest BCUT2D eigenvalue weighted by atomic mass is 16.1. The van der Waals surface area contributed by atoms with Crippen LogP contribution in [-0.2, 0) is 13.6 Å². The fraction of sp³-hybridized carbons (Fsp3) is 0.278. The van der Waals surface area contributed by atoms with Crippen molar-refractivity contribution in [2.75, 3.05) is 5.32 Å². The van der Waals surface area contributed by atoms with Crippen LogP contribution in [0.3, 0.4) is 0 Å². The quantitative estimate of drug-likeness (QED) is 0.803. The first-order chi connectivity index (χ1) is 11.5. The van der Waals surface area contributed by atoms with Crippen LogP contribution >= 0.6 is 0 Å². The zero-order valence-corrected chi connectivity index (χ0v) is 14.4. The molecule has 0 fully saturated rings. The average Bonchev–Trinajstić information content (AvgIpc) is 3.02. The third-order valence-electron chi connectivity index (χ3n) is 4.05. The number of aryl methyl sites for hydroxylation is 3. The van der Waals surface area contributed by atoms with E-state index < -0.39 is 0 Å². The van der Waals surface area contributed by atoms with E-state index in [1.165, 1.54) is 5.56 Å². The van der Waals surface area contributed by atoms with Crippen LogP contribution < -0.4 is 5.32 Å². The van der Waals surface area contributed by atoms with Gasteiger partial charge in [-0.15, -0.1) is 0 Å². The number of nitrogens with zero attached hydrogens (tertiary/aromatic N) is 4. The lowest BCUT2D eigenvalue weighted by molar-refractivity contribution is 0.102. The van der Waals surface area contributed by atoms with E-state index in [0.717, 1.165) is 17.1 Å². The van der Waals surface area contributed by atoms with E-state index >= 15 is 0 Å². The Labute approximate surface area is 141 Å². The summed E-state index contributed by atoms with van der Waals surface area (Å²) >= 11 is 0. The minimum Gasteiger partial charge on any atom is -0.319 e. The van der Waals surface area contributed by atoms with Crippen molar-refractivity contribution in [2.45, 2.75) is 27.3 Å². The molecule has 0 aliphatic heterocycles. The van der Waals surface area contributed by atoms with Crippen LogP contribution in [0.25, 0.3) is 0 Å². The molecule has 0 saturated heterocycles. The van der Waals surface area contributed by atoms with Crippen molar-refractivity contribution in [1.82, 2.24) is 19.6 Å². The van der Waals surface area contributed by atoms with Gasteiger partial charge < -0.3 is 5.32 Å². The first-order valence-corrected chi connectivity index (χ1v) is 7.85. The molecule has 0 aliphatic rings. The Kier molecular flexibility index (Phi) is 4.20. The van der Waals surface area contributed by atoms with Crippen LogP contribution in [0.5, 0.6) is 0 Å². The molecule has 6 heteroatoms. The standard InChI is InChI=1S/C18H21N5O/c1-12-16(11-22(4)20-12)18(24)19-17-13(2)21-23(14(17)3)10-15-8-6-5-7-9-15/h5-9,11H,10H2,1-4H3,(H,19,24). The molecule has 0 aliphatic carbocycles. The maximum atomic E-state index is 12.5. The van der Waals surface area contributed by atoms with Gasteiger partial charge in [0.05, 0.1) is 34.9 Å². The summed E-state index contributed by atoms with van der Waals surface area (Å²) in [6.07, 6.45) is 1.73. The van der Waals surface area contributed by atoms with Gasteiger partial charge in [0.1, 0.15) is 0 Å².